The van der Waals surface area contributed by atoms with Gasteiger partial charge in [0.1, 0.15) is 0 Å². The molecule has 2 atom stereocenters. The first-order valence-corrected chi connectivity index (χ1v) is 9.01. The molecule has 2 aliphatic heterocycles. The van der Waals surface area contributed by atoms with E-state index in [0.29, 0.717) is 12.6 Å². The minimum Gasteiger partial charge on any atom is -0.370 e. The number of rotatable bonds is 4. The first kappa shape index (κ1) is 15.3. The van der Waals surface area contributed by atoms with E-state index in [1.165, 1.54) is 10.4 Å². The molecule has 7 heteroatoms. The molecule has 1 fully saturated rings. The molecular formula is C16H23N5OS. The second kappa shape index (κ2) is 6.32. The van der Waals surface area contributed by atoms with E-state index >= 15 is 0 Å². The Morgan fingerprint density at radius 3 is 3.22 bits per heavy atom. The summed E-state index contributed by atoms with van der Waals surface area (Å²) in [7, 11) is 4.22. The Hall–Kier alpha value is -1.28. The Labute approximate surface area is 140 Å². The van der Waals surface area contributed by atoms with Crippen LogP contribution in [0.4, 0.5) is 0 Å². The van der Waals surface area contributed by atoms with E-state index < -0.39 is 0 Å². The summed E-state index contributed by atoms with van der Waals surface area (Å²) in [6, 6.07) is 2.64. The topological polar surface area (TPSA) is 46.4 Å². The molecule has 2 aliphatic rings. The third-order valence-electron chi connectivity index (χ3n) is 4.60. The van der Waals surface area contributed by atoms with Gasteiger partial charge in [-0.25, -0.2) is 4.68 Å². The van der Waals surface area contributed by atoms with Crippen molar-refractivity contribution in [2.45, 2.75) is 38.3 Å². The summed E-state index contributed by atoms with van der Waals surface area (Å²) in [5, 5.41) is 10.6. The molecule has 0 aromatic carbocycles. The molecule has 4 rings (SSSR count). The van der Waals surface area contributed by atoms with Crippen molar-refractivity contribution in [3.05, 3.63) is 33.8 Å². The lowest BCUT2D eigenvalue weighted by atomic mass is 10.0. The van der Waals surface area contributed by atoms with Crippen molar-refractivity contribution >= 4 is 11.3 Å². The van der Waals surface area contributed by atoms with Gasteiger partial charge < -0.3 is 9.64 Å². The second-order valence-corrected chi connectivity index (χ2v) is 7.77. The molecule has 0 spiro atoms. The van der Waals surface area contributed by atoms with Crippen molar-refractivity contribution < 1.29 is 4.74 Å². The minimum absolute atomic E-state index is 0.285. The fourth-order valence-electron chi connectivity index (χ4n) is 3.57. The van der Waals surface area contributed by atoms with Gasteiger partial charge in [0.2, 0.25) is 0 Å². The predicted octanol–water partition coefficient (Wildman–Crippen LogP) is 1.75. The van der Waals surface area contributed by atoms with Gasteiger partial charge in [-0.15, -0.1) is 16.4 Å². The molecule has 0 unspecified atom stereocenters. The third-order valence-corrected chi connectivity index (χ3v) is 5.57. The molecular weight excluding hydrogens is 310 g/mol. The minimum atomic E-state index is 0.285. The van der Waals surface area contributed by atoms with Gasteiger partial charge in [0, 0.05) is 31.1 Å². The number of fused-ring (bicyclic) bond motifs is 3. The standard InChI is InChI=1S/C16H23N5OS/c1-19(2)7-12-5-14(23-11-12)8-20-4-3-16-15(9-20)21-13(10-22-16)6-17-18-21/h5-6,11,15-16H,3-4,7-10H2,1-2H3/t15-,16-/m1/s1. The molecule has 6 nitrogen and oxygen atoms in total. The number of ether oxygens (including phenoxy) is 1. The maximum Gasteiger partial charge on any atom is 0.0930 e. The smallest absolute Gasteiger partial charge is 0.0930 e. The maximum absolute atomic E-state index is 5.98. The van der Waals surface area contributed by atoms with E-state index in [9.17, 15) is 0 Å². The van der Waals surface area contributed by atoms with E-state index in [0.717, 1.165) is 38.3 Å². The van der Waals surface area contributed by atoms with Crippen LogP contribution in [0.5, 0.6) is 0 Å². The molecule has 0 amide bonds. The van der Waals surface area contributed by atoms with Crippen LogP contribution in [0.1, 0.15) is 28.6 Å². The van der Waals surface area contributed by atoms with E-state index in [1.54, 1.807) is 0 Å². The van der Waals surface area contributed by atoms with Crippen LogP contribution < -0.4 is 0 Å². The third kappa shape index (κ3) is 3.19. The number of thiophene rings is 1. The summed E-state index contributed by atoms with van der Waals surface area (Å²) in [5.74, 6) is 0. The van der Waals surface area contributed by atoms with E-state index in [-0.39, 0.29) is 6.10 Å². The fraction of sp³-hybridized carbons (Fsp3) is 0.625. The van der Waals surface area contributed by atoms with Gasteiger partial charge in [0.05, 0.1) is 30.6 Å². The molecule has 124 valence electrons. The van der Waals surface area contributed by atoms with Crippen molar-refractivity contribution in [1.29, 1.82) is 0 Å². The summed E-state index contributed by atoms with van der Waals surface area (Å²) < 4.78 is 8.06. The van der Waals surface area contributed by atoms with Crippen LogP contribution >= 0.6 is 11.3 Å². The molecule has 4 heterocycles. The van der Waals surface area contributed by atoms with E-state index in [2.05, 4.69) is 50.3 Å². The van der Waals surface area contributed by atoms with Crippen LogP contribution in [0.25, 0.3) is 0 Å². The lowest BCUT2D eigenvalue weighted by Gasteiger charge is -2.40. The van der Waals surface area contributed by atoms with Crippen molar-refractivity contribution in [3.63, 3.8) is 0 Å². The quantitative estimate of drug-likeness (QED) is 0.853. The zero-order valence-corrected chi connectivity index (χ0v) is 14.5. The van der Waals surface area contributed by atoms with Crippen molar-refractivity contribution in [3.8, 4) is 0 Å². The van der Waals surface area contributed by atoms with Crippen LogP contribution in [0, 0.1) is 0 Å². The fourth-order valence-corrected chi connectivity index (χ4v) is 4.49. The summed E-state index contributed by atoms with van der Waals surface area (Å²) in [5.41, 5.74) is 2.50. The van der Waals surface area contributed by atoms with Gasteiger partial charge in [0.15, 0.2) is 0 Å². The molecule has 2 aromatic heterocycles. The molecule has 0 aliphatic carbocycles. The predicted molar refractivity (Wildman–Crippen MR) is 89.2 cm³/mol. The van der Waals surface area contributed by atoms with Gasteiger partial charge in [-0.2, -0.15) is 0 Å². The van der Waals surface area contributed by atoms with Crippen molar-refractivity contribution in [1.82, 2.24) is 24.8 Å². The van der Waals surface area contributed by atoms with Gasteiger partial charge in [0.25, 0.3) is 0 Å². The summed E-state index contributed by atoms with van der Waals surface area (Å²) in [6.45, 7) is 4.75. The van der Waals surface area contributed by atoms with Gasteiger partial charge in [-0.3, -0.25) is 4.90 Å². The number of likely N-dealkylation sites (tertiary alicyclic amines) is 1. The highest BCUT2D eigenvalue weighted by Crippen LogP contribution is 2.31. The summed E-state index contributed by atoms with van der Waals surface area (Å²) in [6.07, 6.45) is 3.18. The molecule has 0 radical (unpaired) electrons. The number of hydrogen-bond acceptors (Lipinski definition) is 6. The number of piperidine rings is 1. The Kier molecular flexibility index (Phi) is 4.19. The average Bonchev–Trinajstić information content (AvgIpc) is 3.16. The van der Waals surface area contributed by atoms with Gasteiger partial charge >= 0.3 is 0 Å². The number of nitrogens with zero attached hydrogens (tertiary/aromatic N) is 5. The monoisotopic (exact) mass is 333 g/mol. The zero-order valence-electron chi connectivity index (χ0n) is 13.7. The lowest BCUT2D eigenvalue weighted by Crippen LogP contribution is -2.47. The average molecular weight is 333 g/mol. The largest absolute Gasteiger partial charge is 0.370 e. The van der Waals surface area contributed by atoms with Crippen LogP contribution in [0.3, 0.4) is 0 Å². The summed E-state index contributed by atoms with van der Waals surface area (Å²) in [4.78, 5) is 6.17. The number of hydrogen-bond donors (Lipinski definition) is 0. The zero-order chi connectivity index (χ0) is 15.8. The Bertz CT molecular complexity index is 667. The molecule has 2 aromatic rings. The SMILES string of the molecule is CN(C)Cc1csc(CN2CC[C@H]3OCc4cnnn4[C@@H]3C2)c1. The van der Waals surface area contributed by atoms with Crippen LogP contribution in [0.2, 0.25) is 0 Å². The van der Waals surface area contributed by atoms with Gasteiger partial charge in [-0.1, -0.05) is 5.21 Å². The lowest BCUT2D eigenvalue weighted by molar-refractivity contribution is -0.0668. The highest BCUT2D eigenvalue weighted by molar-refractivity contribution is 7.10. The van der Waals surface area contributed by atoms with Crippen LogP contribution in [-0.2, 0) is 24.4 Å². The first-order valence-electron chi connectivity index (χ1n) is 8.13. The Morgan fingerprint density at radius 2 is 2.35 bits per heavy atom. The van der Waals surface area contributed by atoms with Gasteiger partial charge in [-0.05, 0) is 37.5 Å². The molecule has 0 bridgehead atoms. The summed E-state index contributed by atoms with van der Waals surface area (Å²) >= 11 is 1.87. The van der Waals surface area contributed by atoms with Crippen LogP contribution in [-0.4, -0.2) is 58.1 Å². The molecule has 23 heavy (non-hydrogen) atoms. The highest BCUT2D eigenvalue weighted by Gasteiger charge is 2.36. The maximum atomic E-state index is 5.98. The van der Waals surface area contributed by atoms with E-state index in [1.807, 2.05) is 17.5 Å². The van der Waals surface area contributed by atoms with E-state index in [4.69, 9.17) is 4.74 Å². The molecule has 0 saturated carbocycles. The Balaban J connectivity index is 1.43. The molecule has 1 saturated heterocycles. The van der Waals surface area contributed by atoms with Crippen molar-refractivity contribution in [2.24, 2.45) is 0 Å². The van der Waals surface area contributed by atoms with Crippen molar-refractivity contribution in [2.75, 3.05) is 27.2 Å². The normalized spacial score (nSPS) is 24.7. The number of aromatic nitrogens is 3. The highest BCUT2D eigenvalue weighted by atomic mass is 32.1. The molecule has 0 N–H and O–H groups in total. The Morgan fingerprint density at radius 1 is 1.43 bits per heavy atom. The van der Waals surface area contributed by atoms with Crippen LogP contribution in [0.15, 0.2) is 17.6 Å². The first-order chi connectivity index (χ1) is 11.2. The second-order valence-electron chi connectivity index (χ2n) is 6.77.